The Morgan fingerprint density at radius 3 is 2.84 bits per heavy atom. The van der Waals surface area contributed by atoms with E-state index < -0.39 is 5.82 Å². The molecule has 2 heterocycles. The zero-order valence-corrected chi connectivity index (χ0v) is 16.0. The van der Waals surface area contributed by atoms with Crippen molar-refractivity contribution in [1.29, 1.82) is 0 Å². The number of nitrogen functional groups attached to an aromatic ring is 1. The monoisotopic (exact) mass is 468 g/mol. The molecule has 1 aliphatic rings. The minimum atomic E-state index is -0.464. The van der Waals surface area contributed by atoms with E-state index in [0.29, 0.717) is 11.4 Å². The fourth-order valence-electron chi connectivity index (χ4n) is 2.71. The van der Waals surface area contributed by atoms with Gasteiger partial charge in [0.25, 0.3) is 0 Å². The van der Waals surface area contributed by atoms with Crippen molar-refractivity contribution < 1.29 is 9.18 Å². The maximum absolute atomic E-state index is 13.9. The Bertz CT molecular complexity index is 986. The normalized spacial score (nSPS) is 14.0. The number of nitrogens with two attached hydrogens (primary N) is 1. The molecule has 2 aromatic heterocycles. The topological polar surface area (TPSA) is 72.9 Å². The molecule has 4 rings (SSSR count). The smallest absolute Gasteiger partial charge is 0.228 e. The van der Waals surface area contributed by atoms with Crippen LogP contribution in [0, 0.1) is 11.7 Å². The number of nitrogens with one attached hydrogen (secondary N) is 1. The third-order valence-corrected chi connectivity index (χ3v) is 5.93. The molecule has 0 saturated heterocycles. The highest BCUT2D eigenvalue weighted by atomic mass is 127. The van der Waals surface area contributed by atoms with E-state index in [1.54, 1.807) is 18.2 Å². The van der Waals surface area contributed by atoms with Gasteiger partial charge in [-0.2, -0.15) is 0 Å². The summed E-state index contributed by atoms with van der Waals surface area (Å²) in [4.78, 5) is 16.7. The fourth-order valence-corrected chi connectivity index (χ4v) is 3.98. The van der Waals surface area contributed by atoms with Crippen LogP contribution in [0.5, 0.6) is 0 Å². The third-order valence-electron chi connectivity index (χ3n) is 4.21. The number of aromatic nitrogens is 2. The van der Waals surface area contributed by atoms with Crippen molar-refractivity contribution in [2.24, 2.45) is 5.92 Å². The van der Waals surface area contributed by atoms with E-state index in [1.807, 2.05) is 16.2 Å². The van der Waals surface area contributed by atoms with Gasteiger partial charge in [-0.15, -0.1) is 0 Å². The van der Waals surface area contributed by atoms with E-state index in [9.17, 15) is 9.18 Å². The maximum Gasteiger partial charge on any atom is 0.228 e. The first-order valence-corrected chi connectivity index (χ1v) is 11.1. The second-order valence-electron chi connectivity index (χ2n) is 6.00. The summed E-state index contributed by atoms with van der Waals surface area (Å²) >= 11 is 2.17. The summed E-state index contributed by atoms with van der Waals surface area (Å²) in [5.74, 6) is 0.0814. The zero-order chi connectivity index (χ0) is 17.6. The van der Waals surface area contributed by atoms with Crippen LogP contribution in [0.2, 0.25) is 0 Å². The summed E-state index contributed by atoms with van der Waals surface area (Å²) in [6.45, 7) is 0. The highest BCUT2D eigenvalue weighted by molar-refractivity contribution is 14.2. The number of hydrogen-bond donors (Lipinski definition) is 2. The molecule has 3 aromatic rings. The molecule has 1 fully saturated rings. The molecule has 5 nitrogen and oxygen atoms in total. The largest absolute Gasteiger partial charge is 0.396 e. The molecule has 8 heteroatoms. The molecule has 0 aliphatic heterocycles. The first kappa shape index (κ1) is 16.6. The van der Waals surface area contributed by atoms with Crippen molar-refractivity contribution in [3.05, 3.63) is 42.3 Å². The number of fused-ring (bicyclic) bond motifs is 1. The number of carbonyl (C=O) groups excluding carboxylic acids is 1. The lowest BCUT2D eigenvalue weighted by Crippen LogP contribution is -2.14. The van der Waals surface area contributed by atoms with Crippen molar-refractivity contribution >= 4 is 58.8 Å². The Morgan fingerprint density at radius 2 is 2.16 bits per heavy atom. The summed E-state index contributed by atoms with van der Waals surface area (Å²) in [7, 11) is 1.48. The molecule has 25 heavy (non-hydrogen) atoms. The summed E-state index contributed by atoms with van der Waals surface area (Å²) in [6, 6.07) is 8.45. The lowest BCUT2D eigenvalue weighted by molar-refractivity contribution is -0.117. The van der Waals surface area contributed by atoms with Crippen molar-refractivity contribution in [3.8, 4) is 11.1 Å². The molecule has 1 aromatic carbocycles. The summed E-state index contributed by atoms with van der Waals surface area (Å²) in [6.07, 6.45) is 3.74. The van der Waals surface area contributed by atoms with E-state index >= 15 is 0 Å². The molecule has 1 saturated carbocycles. The lowest BCUT2D eigenvalue weighted by atomic mass is 10.0. The van der Waals surface area contributed by atoms with Crippen LogP contribution in [0.15, 0.2) is 36.5 Å². The van der Waals surface area contributed by atoms with Gasteiger partial charge in [0.1, 0.15) is 11.6 Å². The van der Waals surface area contributed by atoms with Gasteiger partial charge in [0.2, 0.25) is 5.91 Å². The van der Waals surface area contributed by atoms with Crippen LogP contribution < -0.4 is 11.1 Å². The molecule has 0 bridgehead atoms. The van der Waals surface area contributed by atoms with Crippen LogP contribution in [-0.4, -0.2) is 14.9 Å². The Kier molecular flexibility index (Phi) is 4.32. The van der Waals surface area contributed by atoms with Crippen LogP contribution in [-0.2, 0) is 4.79 Å². The Hall–Kier alpha value is -1.81. The number of amides is 1. The number of hydrogen-bond acceptors (Lipinski definition) is 4. The molecule has 1 aliphatic carbocycles. The SMILES string of the molecule is Nc1ccc(-c2cc(NC(=O)C3CC3)nc3c2ccn3SI)cc1F. The Labute approximate surface area is 159 Å². The Balaban J connectivity index is 1.86. The second kappa shape index (κ2) is 6.49. The maximum atomic E-state index is 13.9. The average molecular weight is 468 g/mol. The number of benzene rings is 1. The highest BCUT2D eigenvalue weighted by Crippen LogP contribution is 2.35. The van der Waals surface area contributed by atoms with Crippen molar-refractivity contribution in [2.75, 3.05) is 11.1 Å². The van der Waals surface area contributed by atoms with Gasteiger partial charge in [-0.05, 0) is 48.2 Å². The molecule has 3 N–H and O–H groups in total. The van der Waals surface area contributed by atoms with Crippen LogP contribution in [0.4, 0.5) is 15.9 Å². The van der Waals surface area contributed by atoms with Gasteiger partial charge in [0.15, 0.2) is 5.65 Å². The third kappa shape index (κ3) is 3.20. The summed E-state index contributed by atoms with van der Waals surface area (Å²) in [5, 5.41) is 3.77. The van der Waals surface area contributed by atoms with Gasteiger partial charge in [-0.25, -0.2) is 9.37 Å². The van der Waals surface area contributed by atoms with Gasteiger partial charge >= 0.3 is 0 Å². The first-order valence-electron chi connectivity index (χ1n) is 7.74. The summed E-state index contributed by atoms with van der Waals surface area (Å²) in [5.41, 5.74) is 7.92. The van der Waals surface area contributed by atoms with Crippen LogP contribution in [0.3, 0.4) is 0 Å². The molecule has 0 spiro atoms. The predicted octanol–water partition coefficient (Wildman–Crippen LogP) is 4.62. The standard InChI is InChI=1S/C17H14FIN4OS/c18-13-7-10(3-4-14(13)20)12-8-15(22-17(24)9-1-2-9)21-16-11(12)5-6-23(16)25-19/h3-9H,1-2,20H2,(H,21,22,24). The van der Waals surface area contributed by atoms with Gasteiger partial charge in [-0.1, -0.05) is 6.07 Å². The van der Waals surface area contributed by atoms with E-state index in [2.05, 4.69) is 31.5 Å². The van der Waals surface area contributed by atoms with Gasteiger partial charge in [0.05, 0.1) is 5.69 Å². The minimum absolute atomic E-state index is 0.0125. The van der Waals surface area contributed by atoms with E-state index in [4.69, 9.17) is 5.73 Å². The molecule has 0 radical (unpaired) electrons. The van der Waals surface area contributed by atoms with E-state index in [1.165, 1.54) is 15.2 Å². The molecular formula is C17H14FIN4OS. The predicted molar refractivity (Wildman–Crippen MR) is 108 cm³/mol. The molecular weight excluding hydrogens is 454 g/mol. The van der Waals surface area contributed by atoms with Crippen molar-refractivity contribution in [3.63, 3.8) is 0 Å². The van der Waals surface area contributed by atoms with Crippen LogP contribution >= 0.6 is 30.3 Å². The number of anilines is 2. The van der Waals surface area contributed by atoms with E-state index in [0.717, 1.165) is 29.4 Å². The summed E-state index contributed by atoms with van der Waals surface area (Å²) < 4.78 is 15.8. The van der Waals surface area contributed by atoms with Gasteiger partial charge in [-0.3, -0.25) is 8.77 Å². The molecule has 128 valence electrons. The highest BCUT2D eigenvalue weighted by Gasteiger charge is 2.30. The van der Waals surface area contributed by atoms with Crippen LogP contribution in [0.25, 0.3) is 22.2 Å². The Morgan fingerprint density at radius 1 is 1.36 bits per heavy atom. The zero-order valence-electron chi connectivity index (χ0n) is 13.0. The first-order chi connectivity index (χ1) is 12.1. The molecule has 0 unspecified atom stereocenters. The number of nitrogens with zero attached hydrogens (tertiary/aromatic N) is 2. The minimum Gasteiger partial charge on any atom is -0.396 e. The number of carbonyl (C=O) groups is 1. The van der Waals surface area contributed by atoms with Gasteiger partial charge in [0, 0.05) is 47.8 Å². The average Bonchev–Trinajstić information content (AvgIpc) is 3.37. The van der Waals surface area contributed by atoms with Crippen molar-refractivity contribution in [2.45, 2.75) is 12.8 Å². The van der Waals surface area contributed by atoms with Gasteiger partial charge < -0.3 is 11.1 Å². The van der Waals surface area contributed by atoms with Crippen molar-refractivity contribution in [1.82, 2.24) is 8.96 Å². The number of pyridine rings is 1. The molecule has 1 amide bonds. The second-order valence-corrected chi connectivity index (χ2v) is 7.72. The number of halogens is 2. The van der Waals surface area contributed by atoms with Crippen LogP contribution in [0.1, 0.15) is 12.8 Å². The van der Waals surface area contributed by atoms with E-state index in [-0.39, 0.29) is 17.5 Å². The fraction of sp³-hybridized carbons (Fsp3) is 0.176. The number of rotatable bonds is 4. The quantitative estimate of drug-likeness (QED) is 0.433. The molecule has 0 atom stereocenters. The lowest BCUT2D eigenvalue weighted by Gasteiger charge is -2.10.